The molecule has 0 heterocycles. The molecule has 4 heteroatoms. The van der Waals surface area contributed by atoms with Crippen LogP contribution in [0.2, 0.25) is 0 Å². The van der Waals surface area contributed by atoms with Gasteiger partial charge in [0.2, 0.25) is 0 Å². The van der Waals surface area contributed by atoms with E-state index in [1.54, 1.807) is 0 Å². The van der Waals surface area contributed by atoms with Gasteiger partial charge in [-0.2, -0.15) is 0 Å². The third-order valence-electron chi connectivity index (χ3n) is 3.98. The van der Waals surface area contributed by atoms with Crippen LogP contribution in [0.15, 0.2) is 41.6 Å². The number of benzene rings is 2. The van der Waals surface area contributed by atoms with E-state index in [9.17, 15) is 0 Å². The van der Waals surface area contributed by atoms with Crippen molar-refractivity contribution in [1.82, 2.24) is 0 Å². The molecular formula is C17H23N3O. The third-order valence-corrected chi connectivity index (χ3v) is 3.98. The highest BCUT2D eigenvalue weighted by atomic mass is 16.4. The maximum absolute atomic E-state index is 8.93. The van der Waals surface area contributed by atoms with E-state index in [0.29, 0.717) is 5.92 Å². The zero-order chi connectivity index (χ0) is 15.4. The van der Waals surface area contributed by atoms with Crippen LogP contribution in [0.3, 0.4) is 0 Å². The summed E-state index contributed by atoms with van der Waals surface area (Å²) in [7, 11) is 2.11. The van der Waals surface area contributed by atoms with Gasteiger partial charge in [0, 0.05) is 30.2 Å². The number of hydrogen-bond acceptors (Lipinski definition) is 3. The molecule has 0 bridgehead atoms. The molecule has 112 valence electrons. The largest absolute Gasteiger partial charge is 0.409 e. The van der Waals surface area contributed by atoms with Crippen LogP contribution in [-0.2, 0) is 0 Å². The van der Waals surface area contributed by atoms with Crippen LogP contribution >= 0.6 is 0 Å². The Morgan fingerprint density at radius 3 is 2.52 bits per heavy atom. The van der Waals surface area contributed by atoms with Gasteiger partial charge in [-0.1, -0.05) is 49.7 Å². The quantitative estimate of drug-likeness (QED) is 0.383. The van der Waals surface area contributed by atoms with Gasteiger partial charge in [-0.05, 0) is 23.4 Å². The molecule has 0 aliphatic heterocycles. The Morgan fingerprint density at radius 1 is 1.24 bits per heavy atom. The first-order chi connectivity index (χ1) is 10.1. The number of fused-ring (bicyclic) bond motifs is 1. The van der Waals surface area contributed by atoms with Crippen molar-refractivity contribution in [2.75, 3.05) is 18.5 Å². The van der Waals surface area contributed by atoms with E-state index in [1.807, 2.05) is 30.3 Å². The van der Waals surface area contributed by atoms with E-state index < -0.39 is 0 Å². The van der Waals surface area contributed by atoms with Gasteiger partial charge in [0.25, 0.3) is 0 Å². The lowest BCUT2D eigenvalue weighted by atomic mass is 10.0. The second-order valence-corrected chi connectivity index (χ2v) is 5.56. The fraction of sp³-hybridized carbons (Fsp3) is 0.353. The van der Waals surface area contributed by atoms with Crippen LogP contribution in [0.4, 0.5) is 5.69 Å². The summed E-state index contributed by atoms with van der Waals surface area (Å²) in [6.07, 6.45) is 1.16. The molecule has 0 fully saturated rings. The first kappa shape index (κ1) is 15.2. The molecule has 2 rings (SSSR count). The molecule has 0 saturated heterocycles. The summed E-state index contributed by atoms with van der Waals surface area (Å²) in [4.78, 5) is 2.27. The van der Waals surface area contributed by atoms with E-state index in [-0.39, 0.29) is 5.84 Å². The molecule has 0 radical (unpaired) electrons. The Kier molecular flexibility index (Phi) is 4.68. The Bertz CT molecular complexity index is 652. The van der Waals surface area contributed by atoms with Crippen LogP contribution in [0.25, 0.3) is 10.8 Å². The van der Waals surface area contributed by atoms with Crippen molar-refractivity contribution in [3.63, 3.8) is 0 Å². The summed E-state index contributed by atoms with van der Waals surface area (Å²) in [5.74, 6) is 0.778. The minimum Gasteiger partial charge on any atom is -0.409 e. The highest BCUT2D eigenvalue weighted by Gasteiger charge is 2.12. The molecular weight excluding hydrogens is 262 g/mol. The Labute approximate surface area is 125 Å². The number of nitrogens with zero attached hydrogens (tertiary/aromatic N) is 2. The van der Waals surface area contributed by atoms with Gasteiger partial charge in [0.1, 0.15) is 0 Å². The number of amidine groups is 1. The average molecular weight is 285 g/mol. The Balaban J connectivity index is 2.52. The third kappa shape index (κ3) is 3.10. The van der Waals surface area contributed by atoms with Crippen molar-refractivity contribution < 1.29 is 5.21 Å². The van der Waals surface area contributed by atoms with E-state index in [0.717, 1.165) is 29.3 Å². The monoisotopic (exact) mass is 285 g/mol. The lowest BCUT2D eigenvalue weighted by Crippen LogP contribution is -2.24. The van der Waals surface area contributed by atoms with Crippen LogP contribution in [0.1, 0.15) is 25.8 Å². The molecule has 1 atom stereocenters. The van der Waals surface area contributed by atoms with Gasteiger partial charge < -0.3 is 15.8 Å². The number of oxime groups is 1. The maximum Gasteiger partial charge on any atom is 0.170 e. The van der Waals surface area contributed by atoms with Crippen LogP contribution < -0.4 is 10.6 Å². The topological polar surface area (TPSA) is 61.8 Å². The van der Waals surface area contributed by atoms with Crippen molar-refractivity contribution in [2.45, 2.75) is 20.3 Å². The minimum atomic E-state index is 0.141. The second kappa shape index (κ2) is 6.48. The second-order valence-electron chi connectivity index (χ2n) is 5.56. The molecule has 2 aromatic carbocycles. The lowest BCUT2D eigenvalue weighted by molar-refractivity contribution is 0.318. The molecule has 3 N–H and O–H groups in total. The SMILES string of the molecule is CCC(C)CN(C)c1ccc(/C(N)=N/O)c2ccccc12. The fourth-order valence-corrected chi connectivity index (χ4v) is 2.59. The Morgan fingerprint density at radius 2 is 1.90 bits per heavy atom. The van der Waals surface area contributed by atoms with Crippen LogP contribution in [0, 0.1) is 5.92 Å². The smallest absolute Gasteiger partial charge is 0.170 e. The molecule has 4 nitrogen and oxygen atoms in total. The van der Waals surface area contributed by atoms with Gasteiger partial charge in [-0.15, -0.1) is 0 Å². The van der Waals surface area contributed by atoms with Gasteiger partial charge in [-0.25, -0.2) is 0 Å². The van der Waals surface area contributed by atoms with E-state index in [2.05, 4.69) is 37.0 Å². The predicted octanol–water partition coefficient (Wildman–Crippen LogP) is 3.42. The molecule has 0 aliphatic rings. The maximum atomic E-state index is 8.93. The predicted molar refractivity (Wildman–Crippen MR) is 89.2 cm³/mol. The number of hydrogen-bond donors (Lipinski definition) is 2. The summed E-state index contributed by atoms with van der Waals surface area (Å²) in [6, 6.07) is 12.0. The highest BCUT2D eigenvalue weighted by molar-refractivity contribution is 6.11. The number of nitrogens with two attached hydrogens (primary N) is 1. The van der Waals surface area contributed by atoms with E-state index >= 15 is 0 Å². The van der Waals surface area contributed by atoms with E-state index in [4.69, 9.17) is 10.9 Å². The average Bonchev–Trinajstić information content (AvgIpc) is 2.52. The molecule has 0 saturated carbocycles. The van der Waals surface area contributed by atoms with Crippen molar-refractivity contribution in [3.8, 4) is 0 Å². The molecule has 0 aliphatic carbocycles. The summed E-state index contributed by atoms with van der Waals surface area (Å²) in [6.45, 7) is 5.46. The molecule has 2 aromatic rings. The standard InChI is InChI=1S/C17H23N3O/c1-4-12(2)11-20(3)16-10-9-15(17(18)19-21)13-7-5-6-8-14(13)16/h5-10,12,21H,4,11H2,1-3H3,(H2,18,19). The van der Waals surface area contributed by atoms with Crippen molar-refractivity contribution >= 4 is 22.3 Å². The molecule has 1 unspecified atom stereocenters. The number of anilines is 1. The Hall–Kier alpha value is -2.23. The summed E-state index contributed by atoms with van der Waals surface area (Å²) < 4.78 is 0. The van der Waals surface area contributed by atoms with Crippen molar-refractivity contribution in [3.05, 3.63) is 42.0 Å². The van der Waals surface area contributed by atoms with Gasteiger partial charge in [0.05, 0.1) is 0 Å². The fourth-order valence-electron chi connectivity index (χ4n) is 2.59. The summed E-state index contributed by atoms with van der Waals surface area (Å²) in [5.41, 5.74) is 7.70. The van der Waals surface area contributed by atoms with Gasteiger partial charge in [0.15, 0.2) is 5.84 Å². The van der Waals surface area contributed by atoms with Crippen molar-refractivity contribution in [1.29, 1.82) is 0 Å². The normalized spacial score (nSPS) is 13.4. The van der Waals surface area contributed by atoms with Crippen molar-refractivity contribution in [2.24, 2.45) is 16.8 Å². The first-order valence-corrected chi connectivity index (χ1v) is 7.29. The number of rotatable bonds is 5. The first-order valence-electron chi connectivity index (χ1n) is 7.29. The van der Waals surface area contributed by atoms with Gasteiger partial charge >= 0.3 is 0 Å². The highest BCUT2D eigenvalue weighted by Crippen LogP contribution is 2.29. The molecule has 0 amide bonds. The lowest BCUT2D eigenvalue weighted by Gasteiger charge is -2.25. The molecule has 21 heavy (non-hydrogen) atoms. The minimum absolute atomic E-state index is 0.141. The van der Waals surface area contributed by atoms with Crippen LogP contribution in [0.5, 0.6) is 0 Å². The summed E-state index contributed by atoms with van der Waals surface area (Å²) >= 11 is 0. The zero-order valence-electron chi connectivity index (χ0n) is 12.9. The molecule has 0 aromatic heterocycles. The zero-order valence-corrected chi connectivity index (χ0v) is 12.9. The van der Waals surface area contributed by atoms with Gasteiger partial charge in [-0.3, -0.25) is 0 Å². The summed E-state index contributed by atoms with van der Waals surface area (Å²) in [5, 5.41) is 14.2. The molecule has 0 spiro atoms. The van der Waals surface area contributed by atoms with E-state index in [1.165, 1.54) is 5.69 Å². The van der Waals surface area contributed by atoms with Crippen LogP contribution in [-0.4, -0.2) is 24.6 Å².